The maximum absolute atomic E-state index is 12.4. The molecule has 4 nitrogen and oxygen atoms in total. The van der Waals surface area contributed by atoms with E-state index >= 15 is 0 Å². The normalized spacial score (nSPS) is 11.2. The molecule has 0 aliphatic rings. The van der Waals surface area contributed by atoms with Crippen molar-refractivity contribution in [1.82, 2.24) is 0 Å². The first-order valence-corrected chi connectivity index (χ1v) is 7.74. The Morgan fingerprint density at radius 1 is 1.00 bits per heavy atom. The van der Waals surface area contributed by atoms with E-state index in [4.69, 9.17) is 0 Å². The van der Waals surface area contributed by atoms with Gasteiger partial charge in [0.15, 0.2) is 0 Å². The third kappa shape index (κ3) is 3.11. The van der Waals surface area contributed by atoms with Crippen molar-refractivity contribution in [3.05, 3.63) is 54.1 Å². The van der Waals surface area contributed by atoms with Crippen molar-refractivity contribution >= 4 is 21.4 Å². The zero-order valence-corrected chi connectivity index (χ0v) is 12.6. The van der Waals surface area contributed by atoms with Crippen LogP contribution in [-0.2, 0) is 10.0 Å². The summed E-state index contributed by atoms with van der Waals surface area (Å²) in [5, 5.41) is 0. The molecule has 0 bridgehead atoms. The third-order valence-electron chi connectivity index (χ3n) is 3.00. The summed E-state index contributed by atoms with van der Waals surface area (Å²) in [6.07, 6.45) is 0. The highest BCUT2D eigenvalue weighted by Crippen LogP contribution is 2.22. The van der Waals surface area contributed by atoms with Gasteiger partial charge in [-0.1, -0.05) is 24.3 Å². The Bertz CT molecular complexity index is 709. The van der Waals surface area contributed by atoms with E-state index in [1.165, 1.54) is 0 Å². The fourth-order valence-corrected chi connectivity index (χ4v) is 3.21. The molecular formula is C15H18N2O2S. The predicted octanol–water partition coefficient (Wildman–Crippen LogP) is 2.86. The van der Waals surface area contributed by atoms with Crippen LogP contribution in [-0.4, -0.2) is 22.5 Å². The molecule has 0 saturated carbocycles. The van der Waals surface area contributed by atoms with E-state index < -0.39 is 10.0 Å². The molecule has 2 aromatic rings. The van der Waals surface area contributed by atoms with Crippen molar-refractivity contribution in [2.24, 2.45) is 0 Å². The molecule has 0 saturated heterocycles. The molecule has 20 heavy (non-hydrogen) atoms. The molecule has 0 spiro atoms. The van der Waals surface area contributed by atoms with Gasteiger partial charge < -0.3 is 4.90 Å². The summed E-state index contributed by atoms with van der Waals surface area (Å²) in [4.78, 5) is 2.22. The Morgan fingerprint density at radius 2 is 1.70 bits per heavy atom. The molecular weight excluding hydrogens is 272 g/mol. The molecule has 0 amide bonds. The SMILES string of the molecule is Cc1ccccc1S(=O)(=O)Nc1cccc(N(C)C)c1. The zero-order chi connectivity index (χ0) is 14.8. The molecule has 0 atom stereocenters. The molecule has 0 radical (unpaired) electrons. The van der Waals surface area contributed by atoms with Crippen molar-refractivity contribution in [1.29, 1.82) is 0 Å². The first-order valence-electron chi connectivity index (χ1n) is 6.26. The van der Waals surface area contributed by atoms with Crippen molar-refractivity contribution in [2.45, 2.75) is 11.8 Å². The van der Waals surface area contributed by atoms with Gasteiger partial charge >= 0.3 is 0 Å². The molecule has 0 heterocycles. The van der Waals surface area contributed by atoms with Crippen molar-refractivity contribution in [2.75, 3.05) is 23.7 Å². The summed E-state index contributed by atoms with van der Waals surface area (Å²) in [6.45, 7) is 1.78. The van der Waals surface area contributed by atoms with Gasteiger partial charge in [0.2, 0.25) is 0 Å². The Hall–Kier alpha value is -2.01. The van der Waals surface area contributed by atoms with Crippen LogP contribution in [0, 0.1) is 6.92 Å². The fraction of sp³-hybridized carbons (Fsp3) is 0.200. The minimum atomic E-state index is -3.55. The fourth-order valence-electron chi connectivity index (χ4n) is 1.92. The molecule has 0 aromatic heterocycles. The van der Waals surface area contributed by atoms with E-state index in [1.54, 1.807) is 37.3 Å². The second-order valence-corrected chi connectivity index (χ2v) is 6.47. The highest BCUT2D eigenvalue weighted by atomic mass is 32.2. The van der Waals surface area contributed by atoms with Gasteiger partial charge in [-0.05, 0) is 36.8 Å². The molecule has 5 heteroatoms. The molecule has 2 rings (SSSR count). The Balaban J connectivity index is 2.34. The molecule has 0 aliphatic carbocycles. The van der Waals surface area contributed by atoms with E-state index in [0.717, 1.165) is 11.3 Å². The second kappa shape index (κ2) is 5.54. The van der Waals surface area contributed by atoms with E-state index in [1.807, 2.05) is 37.2 Å². The minimum Gasteiger partial charge on any atom is -0.378 e. The Labute approximate surface area is 120 Å². The maximum atomic E-state index is 12.4. The highest BCUT2D eigenvalue weighted by molar-refractivity contribution is 7.92. The van der Waals surface area contributed by atoms with E-state index in [0.29, 0.717) is 10.6 Å². The molecule has 106 valence electrons. The number of anilines is 2. The monoisotopic (exact) mass is 290 g/mol. The lowest BCUT2D eigenvalue weighted by molar-refractivity contribution is 0.600. The summed E-state index contributed by atoms with van der Waals surface area (Å²) in [6, 6.07) is 14.2. The van der Waals surface area contributed by atoms with Crippen LogP contribution in [0.5, 0.6) is 0 Å². The lowest BCUT2D eigenvalue weighted by Crippen LogP contribution is -2.15. The van der Waals surface area contributed by atoms with Crippen LogP contribution in [0.2, 0.25) is 0 Å². The summed E-state index contributed by atoms with van der Waals surface area (Å²) in [7, 11) is 0.268. The smallest absolute Gasteiger partial charge is 0.262 e. The van der Waals surface area contributed by atoms with Gasteiger partial charge in [0.25, 0.3) is 10.0 Å². The maximum Gasteiger partial charge on any atom is 0.262 e. The van der Waals surface area contributed by atoms with E-state index in [9.17, 15) is 8.42 Å². The average molecular weight is 290 g/mol. The Kier molecular flexibility index (Phi) is 3.99. The number of aryl methyl sites for hydroxylation is 1. The number of hydrogen-bond donors (Lipinski definition) is 1. The van der Waals surface area contributed by atoms with Crippen LogP contribution < -0.4 is 9.62 Å². The quantitative estimate of drug-likeness (QED) is 0.942. The highest BCUT2D eigenvalue weighted by Gasteiger charge is 2.16. The van der Waals surface area contributed by atoms with Gasteiger partial charge in [0, 0.05) is 19.8 Å². The standard InChI is InChI=1S/C15H18N2O2S/c1-12-7-4-5-10-15(12)20(18,19)16-13-8-6-9-14(11-13)17(2)3/h4-11,16H,1-3H3. The third-order valence-corrected chi connectivity index (χ3v) is 4.54. The van der Waals surface area contributed by atoms with Crippen LogP contribution in [0.25, 0.3) is 0 Å². The van der Waals surface area contributed by atoms with Crippen molar-refractivity contribution < 1.29 is 8.42 Å². The van der Waals surface area contributed by atoms with E-state index in [2.05, 4.69) is 4.72 Å². The first kappa shape index (κ1) is 14.4. The first-order chi connectivity index (χ1) is 9.40. The van der Waals surface area contributed by atoms with Crippen molar-refractivity contribution in [3.8, 4) is 0 Å². The lowest BCUT2D eigenvalue weighted by atomic mass is 10.2. The molecule has 0 unspecified atom stereocenters. The van der Waals surface area contributed by atoms with Crippen molar-refractivity contribution in [3.63, 3.8) is 0 Å². The van der Waals surface area contributed by atoms with Gasteiger partial charge in [0.05, 0.1) is 10.6 Å². The molecule has 0 fully saturated rings. The number of benzene rings is 2. The van der Waals surface area contributed by atoms with Crippen LogP contribution in [0.1, 0.15) is 5.56 Å². The number of hydrogen-bond acceptors (Lipinski definition) is 3. The lowest BCUT2D eigenvalue weighted by Gasteiger charge is -2.15. The summed E-state index contributed by atoms with van der Waals surface area (Å²) >= 11 is 0. The number of sulfonamides is 1. The average Bonchev–Trinajstić information content (AvgIpc) is 2.38. The minimum absolute atomic E-state index is 0.301. The number of nitrogens with one attached hydrogen (secondary N) is 1. The van der Waals surface area contributed by atoms with Gasteiger partial charge in [-0.3, -0.25) is 4.72 Å². The summed E-state index contributed by atoms with van der Waals surface area (Å²) in [5.74, 6) is 0. The summed E-state index contributed by atoms with van der Waals surface area (Å²) in [5.41, 5.74) is 2.22. The number of rotatable bonds is 4. The van der Waals surface area contributed by atoms with Gasteiger partial charge in [0.1, 0.15) is 0 Å². The summed E-state index contributed by atoms with van der Waals surface area (Å²) < 4.78 is 27.4. The van der Waals surface area contributed by atoms with Crippen LogP contribution in [0.4, 0.5) is 11.4 Å². The van der Waals surface area contributed by atoms with Crippen LogP contribution >= 0.6 is 0 Å². The van der Waals surface area contributed by atoms with Gasteiger partial charge in [-0.25, -0.2) is 8.42 Å². The molecule has 1 N–H and O–H groups in total. The number of nitrogens with zero attached hydrogens (tertiary/aromatic N) is 1. The topological polar surface area (TPSA) is 49.4 Å². The zero-order valence-electron chi connectivity index (χ0n) is 11.8. The van der Waals surface area contributed by atoms with Gasteiger partial charge in [-0.2, -0.15) is 0 Å². The Morgan fingerprint density at radius 3 is 2.35 bits per heavy atom. The van der Waals surface area contributed by atoms with Crippen LogP contribution in [0.15, 0.2) is 53.4 Å². The molecule has 0 aliphatic heterocycles. The largest absolute Gasteiger partial charge is 0.378 e. The second-order valence-electron chi connectivity index (χ2n) is 4.82. The van der Waals surface area contributed by atoms with Crippen LogP contribution in [0.3, 0.4) is 0 Å². The van der Waals surface area contributed by atoms with Gasteiger partial charge in [-0.15, -0.1) is 0 Å². The predicted molar refractivity (Wildman–Crippen MR) is 82.8 cm³/mol. The molecule has 2 aromatic carbocycles. The van der Waals surface area contributed by atoms with E-state index in [-0.39, 0.29) is 0 Å².